The molecule has 0 unspecified atom stereocenters. The summed E-state index contributed by atoms with van der Waals surface area (Å²) in [6.45, 7) is 8.71. The number of H-pyrrole nitrogens is 1. The maximum atomic E-state index is 11.9. The average Bonchev–Trinajstić information content (AvgIpc) is 2.71. The summed E-state index contributed by atoms with van der Waals surface area (Å²) < 4.78 is 10.3. The number of ether oxygens (including phenoxy) is 2. The van der Waals surface area contributed by atoms with Crippen LogP contribution < -0.4 is 0 Å². The highest BCUT2D eigenvalue weighted by atomic mass is 16.5. The second-order valence-electron chi connectivity index (χ2n) is 4.33. The molecule has 1 aromatic heterocycles. The van der Waals surface area contributed by atoms with Gasteiger partial charge >= 0.3 is 5.97 Å². The molecule has 0 spiro atoms. The molecule has 0 aliphatic rings. The van der Waals surface area contributed by atoms with Gasteiger partial charge in [-0.2, -0.15) is 5.10 Å². The van der Waals surface area contributed by atoms with Crippen LogP contribution in [0, 0.1) is 6.92 Å². The number of hydrogen-bond donors (Lipinski definition) is 1. The lowest BCUT2D eigenvalue weighted by Crippen LogP contribution is -2.24. The summed E-state index contributed by atoms with van der Waals surface area (Å²) in [5.41, 5.74) is 2.01. The Balaban J connectivity index is 2.65. The van der Waals surface area contributed by atoms with Crippen molar-refractivity contribution in [3.63, 3.8) is 0 Å². The van der Waals surface area contributed by atoms with E-state index in [0.717, 1.165) is 17.9 Å². The van der Waals surface area contributed by atoms with E-state index in [0.29, 0.717) is 31.9 Å². The van der Waals surface area contributed by atoms with Gasteiger partial charge in [-0.3, -0.25) is 10.00 Å². The van der Waals surface area contributed by atoms with E-state index in [4.69, 9.17) is 9.47 Å². The SMILES string of the molecule is CCOCCN(C)Cc1n[nH]c(C)c1C(=O)OCC. The molecule has 1 aromatic rings. The highest BCUT2D eigenvalue weighted by Crippen LogP contribution is 2.13. The first-order valence-corrected chi connectivity index (χ1v) is 6.57. The zero-order chi connectivity index (χ0) is 14.3. The van der Waals surface area contributed by atoms with Gasteiger partial charge in [-0.1, -0.05) is 0 Å². The number of carbonyl (C=O) groups excluding carboxylic acids is 1. The van der Waals surface area contributed by atoms with E-state index >= 15 is 0 Å². The van der Waals surface area contributed by atoms with Crippen molar-refractivity contribution in [1.82, 2.24) is 15.1 Å². The van der Waals surface area contributed by atoms with E-state index in [2.05, 4.69) is 15.1 Å². The summed E-state index contributed by atoms with van der Waals surface area (Å²) in [6.07, 6.45) is 0. The largest absolute Gasteiger partial charge is 0.462 e. The molecular weight excluding hydrogens is 246 g/mol. The van der Waals surface area contributed by atoms with E-state index in [-0.39, 0.29) is 5.97 Å². The molecule has 0 aliphatic heterocycles. The Morgan fingerprint density at radius 2 is 2.11 bits per heavy atom. The van der Waals surface area contributed by atoms with Gasteiger partial charge in [-0.15, -0.1) is 0 Å². The minimum absolute atomic E-state index is 0.318. The number of rotatable bonds is 8. The van der Waals surface area contributed by atoms with E-state index < -0.39 is 0 Å². The fourth-order valence-electron chi connectivity index (χ4n) is 1.77. The molecule has 0 aromatic carbocycles. The number of aromatic nitrogens is 2. The first-order valence-electron chi connectivity index (χ1n) is 6.57. The average molecular weight is 269 g/mol. The Morgan fingerprint density at radius 3 is 2.74 bits per heavy atom. The number of nitrogens with zero attached hydrogens (tertiary/aromatic N) is 2. The molecule has 6 nitrogen and oxygen atoms in total. The van der Waals surface area contributed by atoms with Crippen molar-refractivity contribution >= 4 is 5.97 Å². The van der Waals surface area contributed by atoms with Crippen LogP contribution in [-0.2, 0) is 16.0 Å². The van der Waals surface area contributed by atoms with Gasteiger partial charge in [-0.05, 0) is 27.8 Å². The van der Waals surface area contributed by atoms with Gasteiger partial charge in [0.15, 0.2) is 0 Å². The fourth-order valence-corrected chi connectivity index (χ4v) is 1.77. The first-order chi connectivity index (χ1) is 9.10. The maximum Gasteiger partial charge on any atom is 0.341 e. The quantitative estimate of drug-likeness (QED) is 0.570. The van der Waals surface area contributed by atoms with E-state index in [1.165, 1.54) is 0 Å². The molecule has 0 fully saturated rings. The monoisotopic (exact) mass is 269 g/mol. The third kappa shape index (κ3) is 4.65. The summed E-state index contributed by atoms with van der Waals surface area (Å²) in [5, 5.41) is 7.02. The Kier molecular flexibility index (Phi) is 6.52. The minimum atomic E-state index is -0.318. The first kappa shape index (κ1) is 15.7. The number of aryl methyl sites for hydroxylation is 1. The number of hydrogen-bond acceptors (Lipinski definition) is 5. The molecule has 0 amide bonds. The van der Waals surface area contributed by atoms with Gasteiger partial charge < -0.3 is 9.47 Å². The fraction of sp³-hybridized carbons (Fsp3) is 0.692. The Labute approximate surface area is 114 Å². The van der Waals surface area contributed by atoms with Crippen LogP contribution in [0.2, 0.25) is 0 Å². The molecule has 0 aliphatic carbocycles. The van der Waals surface area contributed by atoms with E-state index in [1.54, 1.807) is 6.92 Å². The van der Waals surface area contributed by atoms with Crippen molar-refractivity contribution < 1.29 is 14.3 Å². The number of carbonyl (C=O) groups is 1. The molecule has 0 bridgehead atoms. The second kappa shape index (κ2) is 7.91. The molecule has 1 rings (SSSR count). The van der Waals surface area contributed by atoms with Gasteiger partial charge in [0.2, 0.25) is 0 Å². The van der Waals surface area contributed by atoms with Crippen LogP contribution in [0.5, 0.6) is 0 Å². The normalized spacial score (nSPS) is 11.0. The number of esters is 1. The molecule has 1 heterocycles. The highest BCUT2D eigenvalue weighted by Gasteiger charge is 2.19. The lowest BCUT2D eigenvalue weighted by atomic mass is 10.2. The molecule has 1 N–H and O–H groups in total. The van der Waals surface area contributed by atoms with Gasteiger partial charge in [0.05, 0.1) is 18.9 Å². The molecule has 19 heavy (non-hydrogen) atoms. The summed E-state index contributed by atoms with van der Waals surface area (Å²) >= 11 is 0. The molecule has 6 heteroatoms. The summed E-state index contributed by atoms with van der Waals surface area (Å²) in [5.74, 6) is -0.318. The standard InChI is InChI=1S/C13H23N3O3/c1-5-18-8-7-16(4)9-11-12(10(3)14-15-11)13(17)19-6-2/h5-9H2,1-4H3,(H,14,15). The minimum Gasteiger partial charge on any atom is -0.462 e. The Hall–Kier alpha value is -1.40. The molecule has 0 atom stereocenters. The number of likely N-dealkylation sites (N-methyl/N-ethyl adjacent to an activating group) is 1. The topological polar surface area (TPSA) is 67.5 Å². The summed E-state index contributed by atoms with van der Waals surface area (Å²) in [7, 11) is 1.97. The van der Waals surface area contributed by atoms with Crippen molar-refractivity contribution in [1.29, 1.82) is 0 Å². The van der Waals surface area contributed by atoms with Crippen LogP contribution >= 0.6 is 0 Å². The Morgan fingerprint density at radius 1 is 1.37 bits per heavy atom. The highest BCUT2D eigenvalue weighted by molar-refractivity contribution is 5.91. The third-order valence-corrected chi connectivity index (χ3v) is 2.74. The van der Waals surface area contributed by atoms with Gasteiger partial charge in [-0.25, -0.2) is 4.79 Å². The van der Waals surface area contributed by atoms with Crippen LogP contribution in [0.3, 0.4) is 0 Å². The van der Waals surface area contributed by atoms with Crippen LogP contribution in [0.25, 0.3) is 0 Å². The maximum absolute atomic E-state index is 11.9. The molecular formula is C13H23N3O3. The van der Waals surface area contributed by atoms with Crippen molar-refractivity contribution in [2.24, 2.45) is 0 Å². The predicted molar refractivity (Wildman–Crippen MR) is 72.1 cm³/mol. The lowest BCUT2D eigenvalue weighted by molar-refractivity contribution is 0.0523. The lowest BCUT2D eigenvalue weighted by Gasteiger charge is -2.15. The van der Waals surface area contributed by atoms with Crippen LogP contribution in [0.1, 0.15) is 35.6 Å². The van der Waals surface area contributed by atoms with E-state index in [1.807, 2.05) is 20.9 Å². The Bertz CT molecular complexity index is 404. The summed E-state index contributed by atoms with van der Waals surface area (Å²) in [6, 6.07) is 0. The summed E-state index contributed by atoms with van der Waals surface area (Å²) in [4.78, 5) is 13.9. The third-order valence-electron chi connectivity index (χ3n) is 2.74. The zero-order valence-electron chi connectivity index (χ0n) is 12.2. The van der Waals surface area contributed by atoms with Crippen molar-refractivity contribution in [3.05, 3.63) is 17.0 Å². The van der Waals surface area contributed by atoms with Crippen LogP contribution in [-0.4, -0.2) is 54.5 Å². The van der Waals surface area contributed by atoms with Gasteiger partial charge in [0, 0.05) is 25.4 Å². The van der Waals surface area contributed by atoms with Crippen LogP contribution in [0.15, 0.2) is 0 Å². The van der Waals surface area contributed by atoms with Crippen LogP contribution in [0.4, 0.5) is 0 Å². The molecule has 0 saturated heterocycles. The zero-order valence-corrected chi connectivity index (χ0v) is 12.2. The van der Waals surface area contributed by atoms with Crippen molar-refractivity contribution in [2.45, 2.75) is 27.3 Å². The smallest absolute Gasteiger partial charge is 0.341 e. The molecule has 0 radical (unpaired) electrons. The van der Waals surface area contributed by atoms with Gasteiger partial charge in [0.1, 0.15) is 5.56 Å². The van der Waals surface area contributed by atoms with Crippen molar-refractivity contribution in [2.75, 3.05) is 33.4 Å². The molecule has 108 valence electrons. The molecule has 0 saturated carbocycles. The van der Waals surface area contributed by atoms with E-state index in [9.17, 15) is 4.79 Å². The van der Waals surface area contributed by atoms with Gasteiger partial charge in [0.25, 0.3) is 0 Å². The predicted octanol–water partition coefficient (Wildman–Crippen LogP) is 1.36. The number of aromatic amines is 1. The van der Waals surface area contributed by atoms with Crippen molar-refractivity contribution in [3.8, 4) is 0 Å². The number of nitrogens with one attached hydrogen (secondary N) is 1. The second-order valence-corrected chi connectivity index (χ2v) is 4.33.